The molecule has 0 saturated carbocycles. The fourth-order valence-electron chi connectivity index (χ4n) is 1.89. The first-order valence-electron chi connectivity index (χ1n) is 5.91. The normalized spacial score (nSPS) is 10.7. The minimum Gasteiger partial charge on any atom is -0.398 e. The van der Waals surface area contributed by atoms with E-state index in [-0.39, 0.29) is 0 Å². The summed E-state index contributed by atoms with van der Waals surface area (Å²) >= 11 is 13.5. The predicted molar refractivity (Wildman–Crippen MR) is 87.4 cm³/mol. The average Bonchev–Trinajstić information content (AvgIpc) is 2.92. The number of nitrogens with two attached hydrogens (primary N) is 1. The highest BCUT2D eigenvalue weighted by Crippen LogP contribution is 2.34. The van der Waals surface area contributed by atoms with Crippen molar-refractivity contribution in [3.8, 4) is 21.8 Å². The van der Waals surface area contributed by atoms with Crippen molar-refractivity contribution in [1.82, 2.24) is 4.98 Å². The summed E-state index contributed by atoms with van der Waals surface area (Å²) in [5.41, 5.74) is 9.45. The lowest BCUT2D eigenvalue weighted by atomic mass is 10.1. The molecule has 0 aliphatic rings. The SMILES string of the molecule is Nc1ccccc1-c1csc(-c2ccc(Cl)c(Cl)c2)n1. The van der Waals surface area contributed by atoms with E-state index < -0.39 is 0 Å². The van der Waals surface area contributed by atoms with Gasteiger partial charge in [-0.3, -0.25) is 0 Å². The molecule has 0 saturated heterocycles. The monoisotopic (exact) mass is 320 g/mol. The number of benzene rings is 2. The Labute approximate surface area is 130 Å². The molecule has 0 aliphatic heterocycles. The summed E-state index contributed by atoms with van der Waals surface area (Å²) < 4.78 is 0. The molecule has 2 nitrogen and oxygen atoms in total. The van der Waals surface area contributed by atoms with Crippen molar-refractivity contribution >= 4 is 40.2 Å². The molecule has 0 radical (unpaired) electrons. The highest BCUT2D eigenvalue weighted by Gasteiger charge is 2.10. The Kier molecular flexibility index (Phi) is 3.66. The van der Waals surface area contributed by atoms with Gasteiger partial charge in [0.25, 0.3) is 0 Å². The first kappa shape index (κ1) is 13.4. The standard InChI is InChI=1S/C15H10Cl2N2S/c16-11-6-5-9(7-12(11)17)15-19-14(8-20-15)10-3-1-2-4-13(10)18/h1-8H,18H2. The molecule has 20 heavy (non-hydrogen) atoms. The third kappa shape index (κ3) is 2.52. The molecule has 3 rings (SSSR count). The molecule has 0 aliphatic carbocycles. The molecule has 1 heterocycles. The van der Waals surface area contributed by atoms with Gasteiger partial charge in [-0.05, 0) is 18.2 Å². The number of anilines is 1. The van der Waals surface area contributed by atoms with Crippen LogP contribution in [0.25, 0.3) is 21.8 Å². The summed E-state index contributed by atoms with van der Waals surface area (Å²) in [6.07, 6.45) is 0. The lowest BCUT2D eigenvalue weighted by Crippen LogP contribution is -1.89. The number of hydrogen-bond acceptors (Lipinski definition) is 3. The molecule has 2 N–H and O–H groups in total. The topological polar surface area (TPSA) is 38.9 Å². The summed E-state index contributed by atoms with van der Waals surface area (Å²) in [4.78, 5) is 4.62. The predicted octanol–water partition coefficient (Wildman–Crippen LogP) is 5.37. The van der Waals surface area contributed by atoms with Gasteiger partial charge in [0, 0.05) is 22.2 Å². The van der Waals surface area contributed by atoms with Gasteiger partial charge in [0.2, 0.25) is 0 Å². The molecule has 0 unspecified atom stereocenters. The van der Waals surface area contributed by atoms with Crippen molar-refractivity contribution in [2.24, 2.45) is 0 Å². The van der Waals surface area contributed by atoms with Gasteiger partial charge in [0.1, 0.15) is 5.01 Å². The maximum Gasteiger partial charge on any atom is 0.124 e. The zero-order valence-corrected chi connectivity index (χ0v) is 12.6. The van der Waals surface area contributed by atoms with Gasteiger partial charge in [-0.25, -0.2) is 4.98 Å². The zero-order valence-electron chi connectivity index (χ0n) is 10.3. The number of para-hydroxylation sites is 1. The number of hydrogen-bond donors (Lipinski definition) is 1. The van der Waals surface area contributed by atoms with Crippen LogP contribution in [0.3, 0.4) is 0 Å². The Balaban J connectivity index is 2.02. The van der Waals surface area contributed by atoms with Crippen LogP contribution in [0.15, 0.2) is 47.8 Å². The molecule has 0 fully saturated rings. The van der Waals surface area contributed by atoms with E-state index >= 15 is 0 Å². The molecular weight excluding hydrogens is 311 g/mol. The van der Waals surface area contributed by atoms with E-state index in [1.807, 2.05) is 41.8 Å². The molecule has 3 aromatic rings. The van der Waals surface area contributed by atoms with Crippen molar-refractivity contribution in [2.75, 3.05) is 5.73 Å². The van der Waals surface area contributed by atoms with Crippen LogP contribution in [0.5, 0.6) is 0 Å². The van der Waals surface area contributed by atoms with Crippen LogP contribution in [0.4, 0.5) is 5.69 Å². The van der Waals surface area contributed by atoms with Crippen molar-refractivity contribution < 1.29 is 0 Å². The second-order valence-corrected chi connectivity index (χ2v) is 5.93. The van der Waals surface area contributed by atoms with Crippen LogP contribution in [0, 0.1) is 0 Å². The third-order valence-electron chi connectivity index (χ3n) is 2.91. The highest BCUT2D eigenvalue weighted by molar-refractivity contribution is 7.13. The van der Waals surface area contributed by atoms with Crippen LogP contribution in [0.2, 0.25) is 10.0 Å². The Morgan fingerprint density at radius 1 is 1.00 bits per heavy atom. The van der Waals surface area contributed by atoms with Gasteiger partial charge in [-0.1, -0.05) is 47.5 Å². The fourth-order valence-corrected chi connectivity index (χ4v) is 3.00. The Morgan fingerprint density at radius 2 is 1.80 bits per heavy atom. The number of aromatic nitrogens is 1. The van der Waals surface area contributed by atoms with Gasteiger partial charge in [0.05, 0.1) is 15.7 Å². The second-order valence-electron chi connectivity index (χ2n) is 4.25. The van der Waals surface area contributed by atoms with Gasteiger partial charge in [-0.15, -0.1) is 11.3 Å². The van der Waals surface area contributed by atoms with Gasteiger partial charge < -0.3 is 5.73 Å². The molecule has 0 bridgehead atoms. The van der Waals surface area contributed by atoms with Crippen molar-refractivity contribution in [3.63, 3.8) is 0 Å². The summed E-state index contributed by atoms with van der Waals surface area (Å²) in [7, 11) is 0. The lowest BCUT2D eigenvalue weighted by molar-refractivity contribution is 1.40. The van der Waals surface area contributed by atoms with Gasteiger partial charge in [-0.2, -0.15) is 0 Å². The maximum atomic E-state index is 6.04. The molecule has 0 amide bonds. The van der Waals surface area contributed by atoms with E-state index in [9.17, 15) is 0 Å². The smallest absolute Gasteiger partial charge is 0.124 e. The van der Waals surface area contributed by atoms with E-state index in [1.54, 1.807) is 17.4 Å². The van der Waals surface area contributed by atoms with Crippen molar-refractivity contribution in [2.45, 2.75) is 0 Å². The summed E-state index contributed by atoms with van der Waals surface area (Å²) in [6.45, 7) is 0. The molecule has 2 aromatic carbocycles. The Hall–Kier alpha value is -1.55. The Morgan fingerprint density at radius 3 is 2.55 bits per heavy atom. The summed E-state index contributed by atoms with van der Waals surface area (Å²) in [6, 6.07) is 13.2. The number of nitrogens with zero attached hydrogens (tertiary/aromatic N) is 1. The number of rotatable bonds is 2. The molecule has 1 aromatic heterocycles. The van der Waals surface area contributed by atoms with Crippen LogP contribution in [-0.4, -0.2) is 4.98 Å². The second kappa shape index (κ2) is 5.44. The fraction of sp³-hybridized carbons (Fsp3) is 0. The molecule has 0 atom stereocenters. The lowest BCUT2D eigenvalue weighted by Gasteiger charge is -2.01. The minimum absolute atomic E-state index is 0.528. The van der Waals surface area contributed by atoms with Crippen molar-refractivity contribution in [1.29, 1.82) is 0 Å². The van der Waals surface area contributed by atoms with Crippen LogP contribution >= 0.6 is 34.5 Å². The quantitative estimate of drug-likeness (QED) is 0.645. The number of thiazole rings is 1. The van der Waals surface area contributed by atoms with Gasteiger partial charge in [0.15, 0.2) is 0 Å². The largest absolute Gasteiger partial charge is 0.398 e. The van der Waals surface area contributed by atoms with Crippen LogP contribution in [-0.2, 0) is 0 Å². The minimum atomic E-state index is 0.528. The number of halogens is 2. The van der Waals surface area contributed by atoms with E-state index in [1.165, 1.54) is 0 Å². The van der Waals surface area contributed by atoms with Crippen LogP contribution in [0.1, 0.15) is 0 Å². The van der Waals surface area contributed by atoms with Crippen molar-refractivity contribution in [3.05, 3.63) is 57.9 Å². The summed E-state index contributed by atoms with van der Waals surface area (Å²) in [5, 5.41) is 3.95. The first-order valence-corrected chi connectivity index (χ1v) is 7.54. The van der Waals surface area contributed by atoms with Gasteiger partial charge >= 0.3 is 0 Å². The number of nitrogen functional groups attached to an aromatic ring is 1. The van der Waals surface area contributed by atoms with E-state index in [2.05, 4.69) is 4.98 Å². The molecule has 0 spiro atoms. The maximum absolute atomic E-state index is 6.04. The Bertz CT molecular complexity index is 768. The highest BCUT2D eigenvalue weighted by atomic mass is 35.5. The molecule has 5 heteroatoms. The van der Waals surface area contributed by atoms with E-state index in [0.29, 0.717) is 10.0 Å². The summed E-state index contributed by atoms with van der Waals surface area (Å²) in [5.74, 6) is 0. The third-order valence-corrected chi connectivity index (χ3v) is 4.54. The molecule has 100 valence electrons. The average molecular weight is 321 g/mol. The van der Waals surface area contributed by atoms with E-state index in [4.69, 9.17) is 28.9 Å². The van der Waals surface area contributed by atoms with Crippen LogP contribution < -0.4 is 5.73 Å². The van der Waals surface area contributed by atoms with E-state index in [0.717, 1.165) is 27.5 Å². The zero-order chi connectivity index (χ0) is 14.1. The first-order chi connectivity index (χ1) is 9.65. The molecular formula is C15H10Cl2N2S.